The van der Waals surface area contributed by atoms with Gasteiger partial charge in [0.1, 0.15) is 17.2 Å². The molecule has 0 amide bonds. The maximum absolute atomic E-state index is 12.3. The summed E-state index contributed by atoms with van der Waals surface area (Å²) >= 11 is 0. The Kier molecular flexibility index (Phi) is 7.82. The second-order valence-corrected chi connectivity index (χ2v) is 7.28. The van der Waals surface area contributed by atoms with E-state index < -0.39 is 6.36 Å². The molecule has 0 aliphatic rings. The number of rotatable bonds is 10. The van der Waals surface area contributed by atoms with E-state index in [-0.39, 0.29) is 5.75 Å². The van der Waals surface area contributed by atoms with Crippen molar-refractivity contribution in [3.05, 3.63) is 78.4 Å². The summed E-state index contributed by atoms with van der Waals surface area (Å²) in [6.45, 7) is 2.21. The predicted molar refractivity (Wildman–Crippen MR) is 117 cm³/mol. The molecule has 3 nitrogen and oxygen atoms in total. The minimum absolute atomic E-state index is 0.288. The quantitative estimate of drug-likeness (QED) is 0.329. The molecule has 0 aliphatic heterocycles. The predicted octanol–water partition coefficient (Wildman–Crippen LogP) is 8.24. The molecule has 0 heterocycles. The van der Waals surface area contributed by atoms with Gasteiger partial charge in [-0.15, -0.1) is 13.2 Å². The monoisotopic (exact) mass is 429 g/mol. The average molecular weight is 429 g/mol. The molecule has 0 spiro atoms. The molecule has 6 heteroatoms. The van der Waals surface area contributed by atoms with Gasteiger partial charge < -0.3 is 14.8 Å². The lowest BCUT2D eigenvalue weighted by molar-refractivity contribution is -0.274. The number of hydrogen-bond acceptors (Lipinski definition) is 3. The van der Waals surface area contributed by atoms with Crippen molar-refractivity contribution in [1.82, 2.24) is 0 Å². The van der Waals surface area contributed by atoms with E-state index in [2.05, 4.69) is 41.2 Å². The van der Waals surface area contributed by atoms with Crippen molar-refractivity contribution in [2.24, 2.45) is 0 Å². The van der Waals surface area contributed by atoms with Crippen LogP contribution in [0, 0.1) is 0 Å². The van der Waals surface area contributed by atoms with Gasteiger partial charge >= 0.3 is 6.36 Å². The summed E-state index contributed by atoms with van der Waals surface area (Å²) in [5, 5.41) is 3.34. The number of halogens is 3. The first-order chi connectivity index (χ1) is 14.9. The van der Waals surface area contributed by atoms with E-state index >= 15 is 0 Å². The lowest BCUT2D eigenvalue weighted by Gasteiger charge is -2.12. The Balaban J connectivity index is 1.56. The molecule has 0 aliphatic carbocycles. The fourth-order valence-electron chi connectivity index (χ4n) is 3.16. The van der Waals surface area contributed by atoms with Crippen molar-refractivity contribution in [3.63, 3.8) is 0 Å². The Bertz CT molecular complexity index is 938. The SMILES string of the molecule is CCCCCCc1ccc(Nc2cccc(Oc3ccc(OC(F)(F)F)cc3)c2)cc1. The molecule has 3 aromatic rings. The van der Waals surface area contributed by atoms with Gasteiger partial charge in [-0.2, -0.15) is 0 Å². The van der Waals surface area contributed by atoms with Crippen LogP contribution in [0.4, 0.5) is 24.5 Å². The highest BCUT2D eigenvalue weighted by atomic mass is 19.4. The maximum atomic E-state index is 12.3. The molecule has 0 radical (unpaired) electrons. The van der Waals surface area contributed by atoms with Crippen molar-refractivity contribution >= 4 is 11.4 Å². The van der Waals surface area contributed by atoms with Gasteiger partial charge in [-0.1, -0.05) is 44.4 Å². The van der Waals surface area contributed by atoms with Crippen LogP contribution in [0.3, 0.4) is 0 Å². The van der Waals surface area contributed by atoms with E-state index in [0.29, 0.717) is 11.5 Å². The number of hydrogen-bond donors (Lipinski definition) is 1. The Morgan fingerprint density at radius 3 is 2.13 bits per heavy atom. The van der Waals surface area contributed by atoms with Crippen molar-refractivity contribution in [3.8, 4) is 17.2 Å². The van der Waals surface area contributed by atoms with Gasteiger partial charge in [-0.3, -0.25) is 0 Å². The molecular formula is C25H26F3NO2. The van der Waals surface area contributed by atoms with Crippen LogP contribution in [0.2, 0.25) is 0 Å². The van der Waals surface area contributed by atoms with Gasteiger partial charge in [0, 0.05) is 17.4 Å². The Hall–Kier alpha value is -3.15. The third-order valence-electron chi connectivity index (χ3n) is 4.69. The summed E-state index contributed by atoms with van der Waals surface area (Å²) in [5.41, 5.74) is 3.16. The molecule has 3 aromatic carbocycles. The van der Waals surface area contributed by atoms with Gasteiger partial charge in [-0.05, 0) is 66.9 Å². The normalized spacial score (nSPS) is 11.2. The highest BCUT2D eigenvalue weighted by molar-refractivity contribution is 5.61. The van der Waals surface area contributed by atoms with E-state index in [4.69, 9.17) is 4.74 Å². The largest absolute Gasteiger partial charge is 0.573 e. The Morgan fingerprint density at radius 2 is 1.45 bits per heavy atom. The van der Waals surface area contributed by atoms with Gasteiger partial charge in [0.05, 0.1) is 0 Å². The zero-order valence-corrected chi connectivity index (χ0v) is 17.4. The fourth-order valence-corrected chi connectivity index (χ4v) is 3.16. The van der Waals surface area contributed by atoms with Crippen LogP contribution in [0.1, 0.15) is 38.2 Å². The molecule has 0 saturated carbocycles. The third kappa shape index (κ3) is 7.89. The van der Waals surface area contributed by atoms with Crippen LogP contribution in [-0.2, 0) is 6.42 Å². The maximum Gasteiger partial charge on any atom is 0.573 e. The number of alkyl halides is 3. The van der Waals surface area contributed by atoms with Crippen LogP contribution in [0.5, 0.6) is 17.2 Å². The molecule has 0 unspecified atom stereocenters. The van der Waals surface area contributed by atoms with E-state index in [0.717, 1.165) is 17.8 Å². The first kappa shape index (κ1) is 22.5. The molecule has 164 valence electrons. The van der Waals surface area contributed by atoms with E-state index in [1.807, 2.05) is 18.2 Å². The lowest BCUT2D eigenvalue weighted by Crippen LogP contribution is -2.16. The fraction of sp³-hybridized carbons (Fsp3) is 0.280. The highest BCUT2D eigenvalue weighted by Crippen LogP contribution is 2.29. The first-order valence-corrected chi connectivity index (χ1v) is 10.4. The molecular weight excluding hydrogens is 403 g/mol. The van der Waals surface area contributed by atoms with Crippen molar-refractivity contribution < 1.29 is 22.6 Å². The molecule has 1 N–H and O–H groups in total. The van der Waals surface area contributed by atoms with Gasteiger partial charge in [0.15, 0.2) is 0 Å². The van der Waals surface area contributed by atoms with Crippen molar-refractivity contribution in [2.45, 2.75) is 45.4 Å². The second-order valence-electron chi connectivity index (χ2n) is 7.28. The number of anilines is 2. The summed E-state index contributed by atoms with van der Waals surface area (Å²) in [6.07, 6.45) is 1.38. The van der Waals surface area contributed by atoms with Gasteiger partial charge in [-0.25, -0.2) is 0 Å². The average Bonchev–Trinajstić information content (AvgIpc) is 2.73. The van der Waals surface area contributed by atoms with Crippen molar-refractivity contribution in [1.29, 1.82) is 0 Å². The molecule has 0 atom stereocenters. The second kappa shape index (κ2) is 10.8. The molecule has 0 saturated heterocycles. The number of unbranched alkanes of at least 4 members (excludes halogenated alkanes) is 3. The van der Waals surface area contributed by atoms with Gasteiger partial charge in [0.2, 0.25) is 0 Å². The number of ether oxygens (including phenoxy) is 2. The van der Waals surface area contributed by atoms with Crippen LogP contribution >= 0.6 is 0 Å². The van der Waals surface area contributed by atoms with E-state index in [9.17, 15) is 13.2 Å². The Morgan fingerprint density at radius 1 is 0.742 bits per heavy atom. The van der Waals surface area contributed by atoms with E-state index in [1.54, 1.807) is 6.07 Å². The number of benzene rings is 3. The zero-order valence-electron chi connectivity index (χ0n) is 17.4. The summed E-state index contributed by atoms with van der Waals surface area (Å²) in [4.78, 5) is 0. The molecule has 31 heavy (non-hydrogen) atoms. The standard InChI is InChI=1S/C25H26F3NO2/c1-2-3-4-5-7-19-10-12-20(13-11-19)29-21-8-6-9-24(18-21)30-22-14-16-23(17-15-22)31-25(26,27)28/h6,8-18,29H,2-5,7H2,1H3. The topological polar surface area (TPSA) is 30.5 Å². The number of aryl methyl sites for hydroxylation is 1. The van der Waals surface area contributed by atoms with Crippen LogP contribution in [-0.4, -0.2) is 6.36 Å². The minimum Gasteiger partial charge on any atom is -0.457 e. The summed E-state index contributed by atoms with van der Waals surface area (Å²) in [6, 6.07) is 21.1. The summed E-state index contributed by atoms with van der Waals surface area (Å²) in [7, 11) is 0. The lowest BCUT2D eigenvalue weighted by atomic mass is 10.1. The molecule has 0 fully saturated rings. The van der Waals surface area contributed by atoms with Crippen LogP contribution < -0.4 is 14.8 Å². The summed E-state index contributed by atoms with van der Waals surface area (Å²) < 4.78 is 46.4. The van der Waals surface area contributed by atoms with Crippen LogP contribution in [0.15, 0.2) is 72.8 Å². The van der Waals surface area contributed by atoms with Gasteiger partial charge in [0.25, 0.3) is 0 Å². The minimum atomic E-state index is -4.71. The van der Waals surface area contributed by atoms with Crippen LogP contribution in [0.25, 0.3) is 0 Å². The van der Waals surface area contributed by atoms with E-state index in [1.165, 1.54) is 55.5 Å². The summed E-state index contributed by atoms with van der Waals surface area (Å²) in [5.74, 6) is 0.699. The smallest absolute Gasteiger partial charge is 0.457 e. The Labute approximate surface area is 180 Å². The number of nitrogens with one attached hydrogen (secondary N) is 1. The first-order valence-electron chi connectivity index (χ1n) is 10.4. The molecule has 0 aromatic heterocycles. The third-order valence-corrected chi connectivity index (χ3v) is 4.69. The molecule has 3 rings (SSSR count). The van der Waals surface area contributed by atoms with Crippen molar-refractivity contribution in [2.75, 3.05) is 5.32 Å². The molecule has 0 bridgehead atoms. The highest BCUT2D eigenvalue weighted by Gasteiger charge is 2.30. The zero-order chi connectivity index (χ0) is 22.1.